The summed E-state index contributed by atoms with van der Waals surface area (Å²) >= 11 is 0. The zero-order valence-corrected chi connectivity index (χ0v) is 9.18. The largest absolute Gasteiger partial charge is 0.387 e. The van der Waals surface area contributed by atoms with E-state index in [4.69, 9.17) is 4.18 Å². The lowest BCUT2D eigenvalue weighted by atomic mass is 10.0. The van der Waals surface area contributed by atoms with E-state index in [0.717, 1.165) is 0 Å². The van der Waals surface area contributed by atoms with E-state index in [1.54, 1.807) is 6.92 Å². The SMILES string of the molecule is CC1=CC(C)(N(C)C)CS(=O)(=O)O1. The fourth-order valence-corrected chi connectivity index (χ4v) is 2.91. The topological polar surface area (TPSA) is 46.6 Å². The standard InChI is InChI=1S/C8H15NO3S/c1-7-5-8(2,9(3)4)6-13(10,11)12-7/h5H,6H2,1-4H3. The van der Waals surface area contributed by atoms with Crippen molar-refractivity contribution in [2.45, 2.75) is 19.4 Å². The van der Waals surface area contributed by atoms with Gasteiger partial charge in [0, 0.05) is 0 Å². The van der Waals surface area contributed by atoms with Crippen molar-refractivity contribution >= 4 is 10.1 Å². The molecule has 0 aromatic rings. The van der Waals surface area contributed by atoms with Crippen molar-refractivity contribution in [2.75, 3.05) is 19.8 Å². The van der Waals surface area contributed by atoms with Crippen LogP contribution < -0.4 is 0 Å². The van der Waals surface area contributed by atoms with Gasteiger partial charge in [0.05, 0.1) is 5.54 Å². The molecule has 76 valence electrons. The molecule has 0 amide bonds. The van der Waals surface area contributed by atoms with E-state index in [2.05, 4.69) is 0 Å². The number of nitrogens with zero attached hydrogens (tertiary/aromatic N) is 1. The van der Waals surface area contributed by atoms with Crippen LogP contribution in [0.25, 0.3) is 0 Å². The van der Waals surface area contributed by atoms with Crippen LogP contribution in [0.5, 0.6) is 0 Å². The molecule has 0 radical (unpaired) electrons. The Morgan fingerprint density at radius 3 is 2.46 bits per heavy atom. The number of rotatable bonds is 1. The molecule has 0 fully saturated rings. The Bertz CT molecular complexity index is 331. The molecule has 0 aromatic heterocycles. The molecule has 13 heavy (non-hydrogen) atoms. The summed E-state index contributed by atoms with van der Waals surface area (Å²) in [6.07, 6.45) is 1.83. The maximum atomic E-state index is 11.3. The highest BCUT2D eigenvalue weighted by Gasteiger charge is 2.36. The minimum absolute atomic E-state index is 0.00431. The first-order valence-electron chi connectivity index (χ1n) is 4.04. The lowest BCUT2D eigenvalue weighted by Crippen LogP contribution is -2.48. The number of allylic oxidation sites excluding steroid dienone is 1. The van der Waals surface area contributed by atoms with Crippen molar-refractivity contribution in [3.05, 3.63) is 11.8 Å². The molecular formula is C8H15NO3S. The first-order chi connectivity index (χ1) is 5.75. The smallest absolute Gasteiger partial charge is 0.311 e. The van der Waals surface area contributed by atoms with Gasteiger partial charge in [0.25, 0.3) is 0 Å². The lowest BCUT2D eigenvalue weighted by molar-refractivity contribution is 0.230. The maximum absolute atomic E-state index is 11.3. The molecule has 0 saturated heterocycles. The van der Waals surface area contributed by atoms with Gasteiger partial charge in [-0.3, -0.25) is 4.90 Å². The molecule has 1 atom stereocenters. The second kappa shape index (κ2) is 2.99. The molecule has 0 spiro atoms. The number of hydrogen-bond acceptors (Lipinski definition) is 4. The highest BCUT2D eigenvalue weighted by Crippen LogP contribution is 2.25. The predicted molar refractivity (Wildman–Crippen MR) is 50.7 cm³/mol. The molecule has 0 saturated carbocycles. The second-order valence-electron chi connectivity index (χ2n) is 3.79. The Morgan fingerprint density at radius 2 is 2.08 bits per heavy atom. The van der Waals surface area contributed by atoms with Gasteiger partial charge in [0.15, 0.2) is 0 Å². The van der Waals surface area contributed by atoms with Gasteiger partial charge in [-0.25, -0.2) is 0 Å². The molecule has 5 heteroatoms. The van der Waals surface area contributed by atoms with Crippen molar-refractivity contribution in [1.82, 2.24) is 4.90 Å². The van der Waals surface area contributed by atoms with Crippen molar-refractivity contribution in [1.29, 1.82) is 0 Å². The number of hydrogen-bond donors (Lipinski definition) is 0. The van der Waals surface area contributed by atoms with Gasteiger partial charge in [-0.1, -0.05) is 0 Å². The average molecular weight is 205 g/mol. The summed E-state index contributed by atoms with van der Waals surface area (Å²) in [4.78, 5) is 1.87. The van der Waals surface area contributed by atoms with Crippen LogP contribution >= 0.6 is 0 Å². The summed E-state index contributed by atoms with van der Waals surface area (Å²) in [6, 6.07) is 0. The van der Waals surface area contributed by atoms with E-state index in [1.165, 1.54) is 0 Å². The average Bonchev–Trinajstić information content (AvgIpc) is 1.79. The van der Waals surface area contributed by atoms with Crippen LogP contribution in [0.4, 0.5) is 0 Å². The summed E-state index contributed by atoms with van der Waals surface area (Å²) in [5.74, 6) is 0.451. The Balaban J connectivity index is 3.10. The normalized spacial score (nSPS) is 32.5. The Kier molecular flexibility index (Phi) is 2.42. The summed E-state index contributed by atoms with van der Waals surface area (Å²) in [5.41, 5.74) is -0.457. The molecule has 0 N–H and O–H groups in total. The Hall–Kier alpha value is -0.550. The van der Waals surface area contributed by atoms with Gasteiger partial charge in [0.2, 0.25) is 0 Å². The van der Waals surface area contributed by atoms with E-state index in [9.17, 15) is 8.42 Å². The molecule has 1 aliphatic rings. The van der Waals surface area contributed by atoms with Crippen LogP contribution in [0.1, 0.15) is 13.8 Å². The van der Waals surface area contributed by atoms with Crippen LogP contribution in [-0.2, 0) is 14.3 Å². The third-order valence-electron chi connectivity index (χ3n) is 2.26. The van der Waals surface area contributed by atoms with Gasteiger partial charge in [-0.05, 0) is 34.0 Å². The van der Waals surface area contributed by atoms with Gasteiger partial charge in [0.1, 0.15) is 11.5 Å². The minimum Gasteiger partial charge on any atom is -0.387 e. The fraction of sp³-hybridized carbons (Fsp3) is 0.750. The molecule has 0 bridgehead atoms. The molecule has 0 aromatic carbocycles. The van der Waals surface area contributed by atoms with Crippen molar-refractivity contribution in [3.63, 3.8) is 0 Å². The highest BCUT2D eigenvalue weighted by atomic mass is 32.2. The van der Waals surface area contributed by atoms with Crippen molar-refractivity contribution in [3.8, 4) is 0 Å². The maximum Gasteiger partial charge on any atom is 0.311 e. The van der Waals surface area contributed by atoms with E-state index >= 15 is 0 Å². The van der Waals surface area contributed by atoms with Crippen LogP contribution in [-0.4, -0.2) is 38.7 Å². The van der Waals surface area contributed by atoms with Crippen molar-refractivity contribution < 1.29 is 12.6 Å². The van der Waals surface area contributed by atoms with Crippen molar-refractivity contribution in [2.24, 2.45) is 0 Å². The Labute approximate surface area is 79.3 Å². The third kappa shape index (κ3) is 2.22. The van der Waals surface area contributed by atoms with Crippen LogP contribution in [0.3, 0.4) is 0 Å². The first kappa shape index (κ1) is 10.5. The monoisotopic (exact) mass is 205 g/mol. The molecule has 4 nitrogen and oxygen atoms in total. The molecule has 1 unspecified atom stereocenters. The molecule has 1 rings (SSSR count). The van der Waals surface area contributed by atoms with E-state index < -0.39 is 15.7 Å². The van der Waals surface area contributed by atoms with Crippen LogP contribution in [0.2, 0.25) is 0 Å². The molecular weight excluding hydrogens is 190 g/mol. The summed E-state index contributed by atoms with van der Waals surface area (Å²) in [7, 11) is 0.309. The zero-order valence-electron chi connectivity index (χ0n) is 8.36. The summed E-state index contributed by atoms with van der Waals surface area (Å²) in [5, 5.41) is 0. The molecule has 0 aliphatic carbocycles. The fourth-order valence-electron chi connectivity index (χ4n) is 1.35. The molecule has 1 heterocycles. The van der Waals surface area contributed by atoms with Gasteiger partial charge in [-0.15, -0.1) is 0 Å². The van der Waals surface area contributed by atoms with Gasteiger partial charge >= 0.3 is 10.1 Å². The van der Waals surface area contributed by atoms with Crippen LogP contribution in [0.15, 0.2) is 11.8 Å². The number of likely N-dealkylation sites (N-methyl/N-ethyl adjacent to an activating group) is 1. The summed E-state index contributed by atoms with van der Waals surface area (Å²) in [6.45, 7) is 3.52. The van der Waals surface area contributed by atoms with Crippen LogP contribution in [0, 0.1) is 0 Å². The highest BCUT2D eigenvalue weighted by molar-refractivity contribution is 7.86. The van der Waals surface area contributed by atoms with Gasteiger partial charge < -0.3 is 4.18 Å². The Morgan fingerprint density at radius 1 is 1.54 bits per heavy atom. The quantitative estimate of drug-likeness (QED) is 0.587. The van der Waals surface area contributed by atoms with E-state index in [-0.39, 0.29) is 5.75 Å². The second-order valence-corrected chi connectivity index (χ2v) is 5.36. The van der Waals surface area contributed by atoms with E-state index in [0.29, 0.717) is 5.76 Å². The summed E-state index contributed by atoms with van der Waals surface area (Å²) < 4.78 is 27.3. The lowest BCUT2D eigenvalue weighted by Gasteiger charge is -2.36. The first-order valence-corrected chi connectivity index (χ1v) is 5.62. The predicted octanol–water partition coefficient (Wildman–Crippen LogP) is 0.571. The molecule has 1 aliphatic heterocycles. The third-order valence-corrected chi connectivity index (χ3v) is 3.72. The van der Waals surface area contributed by atoms with Gasteiger partial charge in [-0.2, -0.15) is 8.42 Å². The van der Waals surface area contributed by atoms with E-state index in [1.807, 2.05) is 32.0 Å². The zero-order chi connectivity index (χ0) is 10.3. The minimum atomic E-state index is -3.39.